The Morgan fingerprint density at radius 3 is 2.89 bits per heavy atom. The number of hydrogen-bond donors (Lipinski definition) is 2. The van der Waals surface area contributed by atoms with Gasteiger partial charge in [0, 0.05) is 26.2 Å². The summed E-state index contributed by atoms with van der Waals surface area (Å²) in [6.45, 7) is 4.28. The quantitative estimate of drug-likeness (QED) is 0.207. The van der Waals surface area contributed by atoms with Crippen molar-refractivity contribution in [2.45, 2.75) is 0 Å². The summed E-state index contributed by atoms with van der Waals surface area (Å²) in [5, 5.41) is 0. The Labute approximate surface area is 54.2 Å². The second-order valence-electron chi connectivity index (χ2n) is 2.03. The molecule has 1 saturated heterocycles. The average Bonchev–Trinajstić information content (AvgIpc) is 2.63. The standard InChI is InChI=1S/C5H11N3O/c9-5-7-6-1-2-8-3-4-8/h5-6H,1-4H2,(H,7,9). The highest BCUT2D eigenvalue weighted by Crippen LogP contribution is 1.99. The van der Waals surface area contributed by atoms with Crippen LogP contribution in [0.2, 0.25) is 0 Å². The summed E-state index contributed by atoms with van der Waals surface area (Å²) in [5.74, 6) is 0. The van der Waals surface area contributed by atoms with Crippen molar-refractivity contribution in [1.29, 1.82) is 0 Å². The molecule has 52 valence electrons. The third-order valence-corrected chi connectivity index (χ3v) is 1.25. The third kappa shape index (κ3) is 3.05. The lowest BCUT2D eigenvalue weighted by atomic mass is 10.6. The number of nitrogens with zero attached hydrogens (tertiary/aromatic N) is 1. The van der Waals surface area contributed by atoms with E-state index in [0.29, 0.717) is 6.41 Å². The van der Waals surface area contributed by atoms with Crippen molar-refractivity contribution in [1.82, 2.24) is 15.8 Å². The van der Waals surface area contributed by atoms with Crippen LogP contribution in [0.4, 0.5) is 0 Å². The van der Waals surface area contributed by atoms with Crippen LogP contribution in [0.5, 0.6) is 0 Å². The Kier molecular flexibility index (Phi) is 2.48. The van der Waals surface area contributed by atoms with Crippen LogP contribution in [-0.2, 0) is 4.79 Å². The third-order valence-electron chi connectivity index (χ3n) is 1.25. The molecule has 0 aromatic carbocycles. The Balaban J connectivity index is 1.75. The van der Waals surface area contributed by atoms with Crippen molar-refractivity contribution < 1.29 is 4.79 Å². The predicted octanol–water partition coefficient (Wildman–Crippen LogP) is -1.45. The molecule has 0 aromatic heterocycles. The molecule has 2 N–H and O–H groups in total. The van der Waals surface area contributed by atoms with Crippen molar-refractivity contribution in [3.8, 4) is 0 Å². The first kappa shape index (κ1) is 6.51. The molecule has 4 heteroatoms. The molecule has 9 heavy (non-hydrogen) atoms. The van der Waals surface area contributed by atoms with Crippen molar-refractivity contribution in [2.75, 3.05) is 26.2 Å². The number of carbonyl (C=O) groups is 1. The van der Waals surface area contributed by atoms with Crippen LogP contribution in [0.15, 0.2) is 0 Å². The van der Waals surface area contributed by atoms with Crippen LogP contribution in [0.3, 0.4) is 0 Å². The van der Waals surface area contributed by atoms with E-state index in [1.807, 2.05) is 0 Å². The zero-order chi connectivity index (χ0) is 6.53. The molecule has 1 aliphatic heterocycles. The molecule has 1 heterocycles. The number of hydrazine groups is 1. The van der Waals surface area contributed by atoms with E-state index < -0.39 is 0 Å². The lowest BCUT2D eigenvalue weighted by molar-refractivity contribution is -0.110. The first-order valence-corrected chi connectivity index (χ1v) is 3.08. The average molecular weight is 129 g/mol. The van der Waals surface area contributed by atoms with Crippen LogP contribution in [0.25, 0.3) is 0 Å². The molecule has 1 aliphatic rings. The van der Waals surface area contributed by atoms with Crippen LogP contribution < -0.4 is 10.9 Å². The largest absolute Gasteiger partial charge is 0.299 e. The number of nitrogens with one attached hydrogen (secondary N) is 2. The highest BCUT2D eigenvalue weighted by molar-refractivity contribution is 5.44. The van der Waals surface area contributed by atoms with Gasteiger partial charge in [-0.1, -0.05) is 0 Å². The molecule has 1 rings (SSSR count). The van der Waals surface area contributed by atoms with Gasteiger partial charge in [-0.2, -0.15) is 0 Å². The zero-order valence-electron chi connectivity index (χ0n) is 5.26. The Hall–Kier alpha value is -0.610. The van der Waals surface area contributed by atoms with Crippen LogP contribution >= 0.6 is 0 Å². The predicted molar refractivity (Wildman–Crippen MR) is 33.6 cm³/mol. The summed E-state index contributed by atoms with van der Waals surface area (Å²) in [6.07, 6.45) is 0.641. The topological polar surface area (TPSA) is 44.1 Å². The molecule has 0 radical (unpaired) electrons. The molecule has 1 fully saturated rings. The Bertz CT molecular complexity index is 92.2. The fourth-order valence-electron chi connectivity index (χ4n) is 0.622. The van der Waals surface area contributed by atoms with Gasteiger partial charge >= 0.3 is 0 Å². The normalized spacial score (nSPS) is 17.3. The first-order valence-electron chi connectivity index (χ1n) is 3.08. The molecule has 0 bridgehead atoms. The smallest absolute Gasteiger partial charge is 0.221 e. The second-order valence-corrected chi connectivity index (χ2v) is 2.03. The molecule has 0 atom stereocenters. The van der Waals surface area contributed by atoms with Gasteiger partial charge in [-0.3, -0.25) is 15.1 Å². The second kappa shape index (κ2) is 3.42. The van der Waals surface area contributed by atoms with Crippen molar-refractivity contribution in [3.05, 3.63) is 0 Å². The highest BCUT2D eigenvalue weighted by atomic mass is 16.1. The monoisotopic (exact) mass is 129 g/mol. The number of hydrogen-bond acceptors (Lipinski definition) is 3. The maximum Gasteiger partial charge on any atom is 0.221 e. The van der Waals surface area contributed by atoms with E-state index in [0.717, 1.165) is 13.1 Å². The van der Waals surface area contributed by atoms with Crippen LogP contribution in [0, 0.1) is 0 Å². The first-order chi connectivity index (χ1) is 4.43. The molecular weight excluding hydrogens is 118 g/mol. The van der Waals surface area contributed by atoms with Gasteiger partial charge in [0.15, 0.2) is 0 Å². The summed E-state index contributed by atoms with van der Waals surface area (Å²) in [5.41, 5.74) is 5.12. The Morgan fingerprint density at radius 2 is 2.33 bits per heavy atom. The van der Waals surface area contributed by atoms with E-state index in [2.05, 4.69) is 15.8 Å². The summed E-state index contributed by atoms with van der Waals surface area (Å²) >= 11 is 0. The number of rotatable bonds is 5. The van der Waals surface area contributed by atoms with Gasteiger partial charge in [-0.05, 0) is 0 Å². The van der Waals surface area contributed by atoms with E-state index in [-0.39, 0.29) is 0 Å². The van der Waals surface area contributed by atoms with Gasteiger partial charge in [-0.25, -0.2) is 5.43 Å². The van der Waals surface area contributed by atoms with Gasteiger partial charge in [0.1, 0.15) is 0 Å². The number of amides is 1. The number of carbonyl (C=O) groups excluding carboxylic acids is 1. The van der Waals surface area contributed by atoms with Crippen LogP contribution in [0.1, 0.15) is 0 Å². The minimum absolute atomic E-state index is 0.641. The Morgan fingerprint density at radius 1 is 1.56 bits per heavy atom. The van der Waals surface area contributed by atoms with Gasteiger partial charge < -0.3 is 0 Å². The fraction of sp³-hybridized carbons (Fsp3) is 0.800. The molecule has 0 spiro atoms. The minimum Gasteiger partial charge on any atom is -0.299 e. The van der Waals surface area contributed by atoms with E-state index in [4.69, 9.17) is 0 Å². The van der Waals surface area contributed by atoms with Gasteiger partial charge in [0.2, 0.25) is 6.41 Å². The van der Waals surface area contributed by atoms with E-state index in [9.17, 15) is 4.79 Å². The molecule has 4 nitrogen and oxygen atoms in total. The summed E-state index contributed by atoms with van der Waals surface area (Å²) in [6, 6.07) is 0. The van der Waals surface area contributed by atoms with Crippen molar-refractivity contribution >= 4 is 6.41 Å². The van der Waals surface area contributed by atoms with E-state index in [1.54, 1.807) is 0 Å². The molecular formula is C5H11N3O. The lowest BCUT2D eigenvalue weighted by Crippen LogP contribution is -2.34. The summed E-state index contributed by atoms with van der Waals surface area (Å²) in [4.78, 5) is 12.0. The van der Waals surface area contributed by atoms with E-state index >= 15 is 0 Å². The molecule has 0 aliphatic carbocycles. The van der Waals surface area contributed by atoms with Crippen molar-refractivity contribution in [3.63, 3.8) is 0 Å². The van der Waals surface area contributed by atoms with Gasteiger partial charge in [-0.15, -0.1) is 0 Å². The molecule has 1 amide bonds. The summed E-state index contributed by atoms with van der Waals surface area (Å²) < 4.78 is 0. The molecule has 0 unspecified atom stereocenters. The maximum atomic E-state index is 9.68. The highest BCUT2D eigenvalue weighted by Gasteiger charge is 2.14. The van der Waals surface area contributed by atoms with Gasteiger partial charge in [0.25, 0.3) is 0 Å². The SMILES string of the molecule is O=CNNCCN1CC1. The van der Waals surface area contributed by atoms with Crippen molar-refractivity contribution in [2.24, 2.45) is 0 Å². The summed E-state index contributed by atoms with van der Waals surface area (Å²) in [7, 11) is 0. The lowest BCUT2D eigenvalue weighted by Gasteiger charge is -2.00. The van der Waals surface area contributed by atoms with E-state index in [1.165, 1.54) is 13.1 Å². The van der Waals surface area contributed by atoms with Gasteiger partial charge in [0.05, 0.1) is 0 Å². The minimum atomic E-state index is 0.641. The van der Waals surface area contributed by atoms with Crippen LogP contribution in [-0.4, -0.2) is 37.5 Å². The fourth-order valence-corrected chi connectivity index (χ4v) is 0.622. The molecule has 0 saturated carbocycles. The zero-order valence-corrected chi connectivity index (χ0v) is 5.26. The maximum absolute atomic E-state index is 9.68. The molecule has 0 aromatic rings.